The number of allylic oxidation sites excluding steroid dienone is 2. The highest BCUT2D eigenvalue weighted by molar-refractivity contribution is 6.36. The number of likely N-dealkylation sites (tertiary alicyclic amines) is 1. The minimum absolute atomic E-state index is 0.000138. The fourth-order valence-corrected chi connectivity index (χ4v) is 9.62. The molecule has 2 aliphatic heterocycles. The zero-order valence-corrected chi connectivity index (χ0v) is 31.1. The van der Waals surface area contributed by atoms with Gasteiger partial charge in [0.25, 0.3) is 11.8 Å². The van der Waals surface area contributed by atoms with Gasteiger partial charge in [-0.3, -0.25) is 34.3 Å². The molecule has 2 heterocycles. The maximum absolute atomic E-state index is 15.4. The van der Waals surface area contributed by atoms with Crippen LogP contribution in [0.15, 0.2) is 72.3 Å². The molecule has 0 radical (unpaired) electrons. The van der Waals surface area contributed by atoms with Gasteiger partial charge in [-0.25, -0.2) is 0 Å². The Hall–Kier alpha value is -5.07. The van der Waals surface area contributed by atoms with Crippen molar-refractivity contribution >= 4 is 58.5 Å². The number of methoxy groups -OCH3 is 2. The van der Waals surface area contributed by atoms with E-state index in [1.807, 2.05) is 6.08 Å². The van der Waals surface area contributed by atoms with Crippen molar-refractivity contribution in [3.05, 3.63) is 93.5 Å². The van der Waals surface area contributed by atoms with E-state index in [-0.39, 0.29) is 65.4 Å². The van der Waals surface area contributed by atoms with Crippen molar-refractivity contribution in [1.29, 1.82) is 0 Å². The standard InChI is InChI=1S/C40H39Cl2N3O9/c1-53-23-13-10-21(11-14-23)40-27(37(50)45(39(40)52)43-29-17-12-22(41)19-28(29)42)20-26-24(35(40)34-30(46)7-6-8-31(34)54-2)15-16-25-33(26)38(51)44(36(25)49)18-5-3-4-9-32(47)48/h6-8,10-15,17,19,25-27,33,35,43,46H,3-5,9,16,18,20H2,1-2H3,(H,47,48). The Morgan fingerprint density at radius 1 is 0.926 bits per heavy atom. The van der Waals surface area contributed by atoms with Crippen molar-refractivity contribution in [1.82, 2.24) is 9.91 Å². The van der Waals surface area contributed by atoms with Crippen LogP contribution in [0.5, 0.6) is 17.2 Å². The lowest BCUT2D eigenvalue weighted by Crippen LogP contribution is -2.53. The first kappa shape index (κ1) is 37.3. The number of anilines is 1. The lowest BCUT2D eigenvalue weighted by Gasteiger charge is -2.50. The average Bonchev–Trinajstić information content (AvgIpc) is 3.52. The maximum atomic E-state index is 15.4. The summed E-state index contributed by atoms with van der Waals surface area (Å²) in [5.74, 6) is -6.39. The number of unbranched alkanes of at least 4 members (excludes halogenated alkanes) is 2. The van der Waals surface area contributed by atoms with E-state index in [1.54, 1.807) is 48.5 Å². The molecule has 4 amide bonds. The second kappa shape index (κ2) is 14.6. The number of halogens is 2. The molecule has 12 nitrogen and oxygen atoms in total. The molecule has 3 N–H and O–H groups in total. The van der Waals surface area contributed by atoms with Gasteiger partial charge in [-0.1, -0.05) is 59.5 Å². The van der Waals surface area contributed by atoms with Gasteiger partial charge in [-0.2, -0.15) is 5.01 Å². The molecule has 3 fully saturated rings. The molecule has 0 spiro atoms. The van der Waals surface area contributed by atoms with Gasteiger partial charge in [-0.15, -0.1) is 0 Å². The van der Waals surface area contributed by atoms with Crippen LogP contribution >= 0.6 is 23.2 Å². The van der Waals surface area contributed by atoms with Crippen molar-refractivity contribution < 1.29 is 43.7 Å². The summed E-state index contributed by atoms with van der Waals surface area (Å²) in [6, 6.07) is 16.3. The van der Waals surface area contributed by atoms with Crippen molar-refractivity contribution in [2.75, 3.05) is 26.2 Å². The van der Waals surface area contributed by atoms with E-state index in [1.165, 1.54) is 31.3 Å². The minimum atomic E-state index is -1.67. The number of nitrogens with one attached hydrogen (secondary N) is 1. The number of hydrazine groups is 1. The van der Waals surface area contributed by atoms with Gasteiger partial charge in [0.05, 0.1) is 48.1 Å². The van der Waals surface area contributed by atoms with Gasteiger partial charge in [-0.05, 0) is 79.6 Å². The summed E-state index contributed by atoms with van der Waals surface area (Å²) in [5.41, 5.74) is 2.94. The molecule has 1 saturated carbocycles. The van der Waals surface area contributed by atoms with Gasteiger partial charge in [0.2, 0.25) is 11.8 Å². The number of imide groups is 2. The number of carboxylic acids is 1. The van der Waals surface area contributed by atoms with Gasteiger partial charge in [0.15, 0.2) is 0 Å². The number of rotatable bonds is 12. The number of hydrogen-bond donors (Lipinski definition) is 3. The number of aromatic hydroxyl groups is 1. The molecular formula is C40H39Cl2N3O9. The number of nitrogens with zero attached hydrogens (tertiary/aromatic N) is 2. The summed E-state index contributed by atoms with van der Waals surface area (Å²) >= 11 is 12.7. The number of carboxylic acid groups (broad SMARTS) is 1. The van der Waals surface area contributed by atoms with E-state index in [0.29, 0.717) is 41.2 Å². The molecule has 282 valence electrons. The Bertz CT molecular complexity index is 2070. The highest BCUT2D eigenvalue weighted by Gasteiger charge is 2.71. The topological polar surface area (TPSA) is 163 Å². The van der Waals surface area contributed by atoms with Crippen LogP contribution in [-0.4, -0.2) is 70.5 Å². The van der Waals surface area contributed by atoms with E-state index in [9.17, 15) is 24.3 Å². The molecule has 0 aromatic heterocycles. The van der Waals surface area contributed by atoms with Gasteiger partial charge in [0, 0.05) is 29.5 Å². The summed E-state index contributed by atoms with van der Waals surface area (Å²) in [4.78, 5) is 70.8. The normalized spacial score (nSPS) is 25.9. The minimum Gasteiger partial charge on any atom is -0.508 e. The fraction of sp³-hybridized carbons (Fsp3) is 0.375. The third-order valence-corrected chi connectivity index (χ3v) is 12.0. The SMILES string of the molecule is COc1ccc(C23C(=O)N(Nc4ccc(Cl)cc4Cl)C(=O)C2CC2C(=CCC4C(=O)N(CCCCCC(=O)O)C(=O)C42)C3c2c(O)cccc2OC)cc1. The van der Waals surface area contributed by atoms with Crippen LogP contribution in [0.3, 0.4) is 0 Å². The molecule has 3 aromatic carbocycles. The third kappa shape index (κ3) is 5.96. The molecule has 14 heteroatoms. The largest absolute Gasteiger partial charge is 0.508 e. The van der Waals surface area contributed by atoms with Crippen LogP contribution < -0.4 is 14.9 Å². The number of phenols is 1. The molecule has 6 unspecified atom stereocenters. The van der Waals surface area contributed by atoms with Gasteiger partial charge >= 0.3 is 5.97 Å². The molecule has 2 aliphatic carbocycles. The maximum Gasteiger partial charge on any atom is 0.303 e. The van der Waals surface area contributed by atoms with Crippen LogP contribution in [0.25, 0.3) is 0 Å². The van der Waals surface area contributed by atoms with E-state index in [2.05, 4.69) is 5.43 Å². The van der Waals surface area contributed by atoms with Crippen LogP contribution in [0.4, 0.5) is 5.69 Å². The lowest BCUT2D eigenvalue weighted by molar-refractivity contribution is -0.141. The van der Waals surface area contributed by atoms with E-state index in [4.69, 9.17) is 37.8 Å². The highest BCUT2D eigenvalue weighted by Crippen LogP contribution is 2.66. The summed E-state index contributed by atoms with van der Waals surface area (Å²) in [6.45, 7) is 0.152. The van der Waals surface area contributed by atoms with Crippen molar-refractivity contribution in [3.8, 4) is 17.2 Å². The van der Waals surface area contributed by atoms with Gasteiger partial charge in [0.1, 0.15) is 17.2 Å². The fourth-order valence-electron chi connectivity index (χ4n) is 9.17. The molecule has 2 saturated heterocycles. The number of carbonyl (C=O) groups is 5. The monoisotopic (exact) mass is 775 g/mol. The van der Waals surface area contributed by atoms with E-state index in [0.717, 1.165) is 5.01 Å². The molecule has 7 rings (SSSR count). The van der Waals surface area contributed by atoms with Crippen LogP contribution in [0.1, 0.15) is 55.6 Å². The van der Waals surface area contributed by atoms with Crippen LogP contribution in [0.2, 0.25) is 10.0 Å². The quantitative estimate of drug-likeness (QED) is 0.107. The second-order valence-electron chi connectivity index (χ2n) is 14.1. The number of benzene rings is 3. The molecule has 6 atom stereocenters. The first-order valence-electron chi connectivity index (χ1n) is 17.8. The molecule has 54 heavy (non-hydrogen) atoms. The highest BCUT2D eigenvalue weighted by atomic mass is 35.5. The predicted molar refractivity (Wildman–Crippen MR) is 198 cm³/mol. The molecule has 0 bridgehead atoms. The van der Waals surface area contributed by atoms with Crippen LogP contribution in [-0.2, 0) is 29.4 Å². The number of aliphatic carboxylic acids is 1. The molecule has 4 aliphatic rings. The Morgan fingerprint density at radius 2 is 1.69 bits per heavy atom. The van der Waals surface area contributed by atoms with E-state index >= 15 is 4.79 Å². The van der Waals surface area contributed by atoms with Crippen molar-refractivity contribution in [3.63, 3.8) is 0 Å². The number of hydrogen-bond acceptors (Lipinski definition) is 9. The van der Waals surface area contributed by atoms with Gasteiger partial charge < -0.3 is 19.7 Å². The second-order valence-corrected chi connectivity index (χ2v) is 15.0. The molecule has 3 aromatic rings. The number of fused-ring (bicyclic) bond motifs is 4. The third-order valence-electron chi connectivity index (χ3n) is 11.5. The number of ether oxygens (including phenoxy) is 2. The summed E-state index contributed by atoms with van der Waals surface area (Å²) in [5, 5.41) is 22.2. The average molecular weight is 777 g/mol. The Balaban J connectivity index is 1.39. The molecular weight excluding hydrogens is 737 g/mol. The summed E-state index contributed by atoms with van der Waals surface area (Å²) in [7, 11) is 2.97. The van der Waals surface area contributed by atoms with Crippen LogP contribution in [0, 0.1) is 23.7 Å². The van der Waals surface area contributed by atoms with Crippen molar-refractivity contribution in [2.24, 2.45) is 23.7 Å². The van der Waals surface area contributed by atoms with E-state index < -0.39 is 52.8 Å². The Kier molecular flexibility index (Phi) is 10.1. The lowest BCUT2D eigenvalue weighted by atomic mass is 9.49. The smallest absolute Gasteiger partial charge is 0.303 e. The summed E-state index contributed by atoms with van der Waals surface area (Å²) in [6.07, 6.45) is 3.56. The number of amides is 4. The zero-order valence-electron chi connectivity index (χ0n) is 29.6. The number of phenolic OH excluding ortho intramolecular Hbond substituents is 1. The number of carbonyl (C=O) groups excluding carboxylic acids is 4. The Labute approximate surface area is 321 Å². The zero-order chi connectivity index (χ0) is 38.5. The Morgan fingerprint density at radius 3 is 2.37 bits per heavy atom. The van der Waals surface area contributed by atoms with Crippen molar-refractivity contribution in [2.45, 2.75) is 49.9 Å². The summed E-state index contributed by atoms with van der Waals surface area (Å²) < 4.78 is 11.3. The first-order chi connectivity index (χ1) is 25.9. The first-order valence-corrected chi connectivity index (χ1v) is 18.6. The predicted octanol–water partition coefficient (Wildman–Crippen LogP) is 6.35.